The van der Waals surface area contributed by atoms with Gasteiger partial charge in [0.05, 0.1) is 23.6 Å². The molecule has 0 atom stereocenters. The summed E-state index contributed by atoms with van der Waals surface area (Å²) in [6.45, 7) is 0. The first-order valence-electron chi connectivity index (χ1n) is 13.8. The number of carbonyl (C=O) groups is 4. The van der Waals surface area contributed by atoms with Crippen LogP contribution >= 0.6 is 55.1 Å². The molecule has 0 radical (unpaired) electrons. The summed E-state index contributed by atoms with van der Waals surface area (Å²) in [6.07, 6.45) is 2.95. The molecule has 0 spiro atoms. The van der Waals surface area contributed by atoms with Crippen molar-refractivity contribution in [2.24, 2.45) is 10.2 Å². The fourth-order valence-electron chi connectivity index (χ4n) is 3.78. The highest BCUT2D eigenvalue weighted by molar-refractivity contribution is 9.10. The molecule has 0 aliphatic heterocycles. The van der Waals surface area contributed by atoms with Crippen molar-refractivity contribution >= 4 is 91.2 Å². The van der Waals surface area contributed by atoms with Gasteiger partial charge in [-0.1, -0.05) is 55.1 Å². The second-order valence-electron chi connectivity index (χ2n) is 9.60. The number of amides is 2. The van der Waals surface area contributed by atoms with Crippen LogP contribution in [-0.4, -0.2) is 36.2 Å². The Morgan fingerprint density at radius 2 is 1.00 bits per heavy atom. The first kappa shape index (κ1) is 35.5. The van der Waals surface area contributed by atoms with Gasteiger partial charge >= 0.3 is 11.9 Å². The lowest BCUT2D eigenvalue weighted by molar-refractivity contribution is -0.122. The van der Waals surface area contributed by atoms with Crippen molar-refractivity contribution in [3.8, 4) is 11.5 Å². The minimum Gasteiger partial charge on any atom is -0.422 e. The first-order valence-corrected chi connectivity index (χ1v) is 16.1. The molecule has 0 aliphatic carbocycles. The van der Waals surface area contributed by atoms with Crippen LogP contribution in [0.3, 0.4) is 0 Å². The van der Waals surface area contributed by atoms with Gasteiger partial charge in [0.2, 0.25) is 11.8 Å². The van der Waals surface area contributed by atoms with Gasteiger partial charge in [-0.15, -0.1) is 0 Å². The molecule has 240 valence electrons. The minimum absolute atomic E-state index is 0.0157. The highest BCUT2D eigenvalue weighted by atomic mass is 79.9. The third kappa shape index (κ3) is 11.4. The highest BCUT2D eigenvalue weighted by Gasteiger charge is 2.13. The number of ether oxygens (including phenoxy) is 2. The minimum atomic E-state index is -0.583. The maximum Gasteiger partial charge on any atom is 0.343 e. The average Bonchev–Trinajstić information content (AvgIpc) is 3.04. The van der Waals surface area contributed by atoms with Gasteiger partial charge in [-0.3, -0.25) is 9.59 Å². The van der Waals surface area contributed by atoms with Crippen molar-refractivity contribution in [3.05, 3.63) is 126 Å². The molecule has 0 heterocycles. The smallest absolute Gasteiger partial charge is 0.343 e. The molecule has 0 saturated carbocycles. The molecular formula is C33H24Br2Cl2N4O6. The van der Waals surface area contributed by atoms with Gasteiger partial charge in [0.25, 0.3) is 0 Å². The molecule has 0 aliphatic rings. The van der Waals surface area contributed by atoms with Crippen molar-refractivity contribution in [2.75, 3.05) is 0 Å². The van der Waals surface area contributed by atoms with Crippen LogP contribution in [0.4, 0.5) is 0 Å². The van der Waals surface area contributed by atoms with Crippen molar-refractivity contribution in [1.82, 2.24) is 10.9 Å². The number of esters is 2. The summed E-state index contributed by atoms with van der Waals surface area (Å²) >= 11 is 18.5. The van der Waals surface area contributed by atoms with E-state index in [1.165, 1.54) is 12.4 Å². The zero-order valence-corrected chi connectivity index (χ0v) is 28.9. The molecule has 47 heavy (non-hydrogen) atoms. The van der Waals surface area contributed by atoms with Gasteiger partial charge in [-0.25, -0.2) is 20.4 Å². The molecule has 4 rings (SSSR count). The average molecular weight is 803 g/mol. The summed E-state index contributed by atoms with van der Waals surface area (Å²) in [7, 11) is 0. The number of carbonyl (C=O) groups excluding carboxylic acids is 4. The Morgan fingerprint density at radius 3 is 1.38 bits per heavy atom. The maximum atomic E-state index is 12.5. The van der Waals surface area contributed by atoms with Crippen LogP contribution in [0.25, 0.3) is 0 Å². The lowest BCUT2D eigenvalue weighted by Gasteiger charge is -2.08. The normalized spacial score (nSPS) is 11.0. The van der Waals surface area contributed by atoms with Crippen LogP contribution in [0.2, 0.25) is 10.0 Å². The van der Waals surface area contributed by atoms with E-state index in [-0.39, 0.29) is 30.8 Å². The van der Waals surface area contributed by atoms with Gasteiger partial charge < -0.3 is 9.47 Å². The standard InChI is InChI=1S/C33H24Br2Cl2N4O6/c34-24-8-14-28(46-32(44)20-4-10-26(36)11-5-20)22(16-24)18-38-40-30(42)2-1-3-31(43)41-39-19-23-17-25(35)9-15-29(23)47-33(45)21-6-12-27(37)13-7-21/h4-19H,1-3H2,(H,40,42)(H,41,43). The predicted octanol–water partition coefficient (Wildman–Crippen LogP) is 7.73. The number of hydrogen-bond acceptors (Lipinski definition) is 8. The van der Waals surface area contributed by atoms with E-state index in [2.05, 4.69) is 52.9 Å². The Labute approximate surface area is 296 Å². The summed E-state index contributed by atoms with van der Waals surface area (Å²) in [4.78, 5) is 49.6. The van der Waals surface area contributed by atoms with E-state index in [4.69, 9.17) is 32.7 Å². The van der Waals surface area contributed by atoms with Crippen LogP contribution in [0.15, 0.2) is 104 Å². The third-order valence-electron chi connectivity index (χ3n) is 6.10. The summed E-state index contributed by atoms with van der Waals surface area (Å²) in [5, 5.41) is 8.88. The first-order chi connectivity index (χ1) is 22.6. The Bertz CT molecular complexity index is 1700. The molecule has 10 nitrogen and oxygen atoms in total. The van der Waals surface area contributed by atoms with Gasteiger partial charge in [0, 0.05) is 43.0 Å². The van der Waals surface area contributed by atoms with E-state index in [1.54, 1.807) is 84.9 Å². The Hall–Kier alpha value is -4.36. The van der Waals surface area contributed by atoms with Crippen molar-refractivity contribution in [1.29, 1.82) is 0 Å². The van der Waals surface area contributed by atoms with Crippen LogP contribution in [0.1, 0.15) is 51.1 Å². The number of hydrazone groups is 2. The molecule has 0 unspecified atom stereocenters. The SMILES string of the molecule is O=C(CCCC(=O)NN=Cc1cc(Br)ccc1OC(=O)c1ccc(Cl)cc1)NN=Cc1cc(Br)ccc1OC(=O)c1ccc(Cl)cc1. The van der Waals surface area contributed by atoms with Gasteiger partial charge in [-0.2, -0.15) is 10.2 Å². The second-order valence-corrected chi connectivity index (χ2v) is 12.3. The van der Waals surface area contributed by atoms with Crippen molar-refractivity contribution in [2.45, 2.75) is 19.3 Å². The largest absolute Gasteiger partial charge is 0.422 e. The number of halogens is 4. The Kier molecular flexibility index (Phi) is 13.2. The summed E-state index contributed by atoms with van der Waals surface area (Å²) < 4.78 is 12.4. The molecule has 4 aromatic rings. The molecule has 4 aromatic carbocycles. The van der Waals surface area contributed by atoms with E-state index < -0.39 is 23.8 Å². The van der Waals surface area contributed by atoms with E-state index in [0.29, 0.717) is 41.2 Å². The molecular weight excluding hydrogens is 779 g/mol. The highest BCUT2D eigenvalue weighted by Crippen LogP contribution is 2.24. The van der Waals surface area contributed by atoms with Crippen LogP contribution < -0.4 is 20.3 Å². The fraction of sp³-hybridized carbons (Fsp3) is 0.0909. The molecule has 0 aromatic heterocycles. The summed E-state index contributed by atoms with van der Waals surface area (Å²) in [5.74, 6) is -1.54. The van der Waals surface area contributed by atoms with Crippen molar-refractivity contribution in [3.63, 3.8) is 0 Å². The van der Waals surface area contributed by atoms with Gasteiger partial charge in [0.1, 0.15) is 11.5 Å². The summed E-state index contributed by atoms with van der Waals surface area (Å²) in [5.41, 5.74) is 6.30. The zero-order valence-electron chi connectivity index (χ0n) is 24.2. The zero-order chi connectivity index (χ0) is 33.8. The molecule has 2 amide bonds. The number of benzene rings is 4. The molecule has 14 heteroatoms. The molecule has 0 fully saturated rings. The lowest BCUT2D eigenvalue weighted by Crippen LogP contribution is -2.20. The topological polar surface area (TPSA) is 136 Å². The van der Waals surface area contributed by atoms with Gasteiger partial charge in [-0.05, 0) is 91.3 Å². The van der Waals surface area contributed by atoms with E-state index >= 15 is 0 Å². The van der Waals surface area contributed by atoms with E-state index in [9.17, 15) is 19.2 Å². The number of rotatable bonds is 12. The fourth-order valence-corrected chi connectivity index (χ4v) is 4.79. The Balaban J connectivity index is 1.23. The van der Waals surface area contributed by atoms with Crippen molar-refractivity contribution < 1.29 is 28.7 Å². The lowest BCUT2D eigenvalue weighted by atomic mass is 10.2. The van der Waals surface area contributed by atoms with Crippen LogP contribution in [-0.2, 0) is 9.59 Å². The molecule has 0 bridgehead atoms. The number of hydrogen-bond donors (Lipinski definition) is 2. The predicted molar refractivity (Wildman–Crippen MR) is 186 cm³/mol. The third-order valence-corrected chi connectivity index (χ3v) is 7.59. The number of nitrogens with zero attached hydrogens (tertiary/aromatic N) is 2. The quantitative estimate of drug-likeness (QED) is 0.0652. The van der Waals surface area contributed by atoms with E-state index in [1.807, 2.05) is 0 Å². The van der Waals surface area contributed by atoms with Crippen LogP contribution in [0.5, 0.6) is 11.5 Å². The second kappa shape index (κ2) is 17.5. The Morgan fingerprint density at radius 1 is 0.617 bits per heavy atom. The maximum absolute atomic E-state index is 12.5. The summed E-state index contributed by atoms with van der Waals surface area (Å²) in [6, 6.07) is 22.4. The van der Waals surface area contributed by atoms with E-state index in [0.717, 1.165) is 0 Å². The van der Waals surface area contributed by atoms with Crippen LogP contribution in [0, 0.1) is 0 Å². The monoisotopic (exact) mass is 800 g/mol. The molecule has 2 N–H and O–H groups in total. The number of nitrogens with one attached hydrogen (secondary N) is 2. The molecule has 0 saturated heterocycles. The van der Waals surface area contributed by atoms with Gasteiger partial charge in [0.15, 0.2) is 0 Å².